The molecule has 22 heavy (non-hydrogen) atoms. The first kappa shape index (κ1) is 17.0. The molecule has 0 spiro atoms. The zero-order valence-corrected chi connectivity index (χ0v) is 13.5. The first-order valence-corrected chi connectivity index (χ1v) is 8.19. The number of likely N-dealkylation sites (tertiary alicyclic amines) is 1. The van der Waals surface area contributed by atoms with E-state index in [-0.39, 0.29) is 6.61 Å². The van der Waals surface area contributed by atoms with Gasteiger partial charge in [0.25, 0.3) is 0 Å². The van der Waals surface area contributed by atoms with Crippen LogP contribution in [0, 0.1) is 0 Å². The van der Waals surface area contributed by atoms with E-state index in [1.54, 1.807) is 7.11 Å². The van der Waals surface area contributed by atoms with Crippen molar-refractivity contribution < 1.29 is 9.84 Å². The summed E-state index contributed by atoms with van der Waals surface area (Å²) in [5.41, 5.74) is 1.18. The van der Waals surface area contributed by atoms with Crippen LogP contribution in [0.1, 0.15) is 24.8 Å². The molecule has 2 rings (SSSR count). The number of hydrogen-bond donors (Lipinski definition) is 2. The summed E-state index contributed by atoms with van der Waals surface area (Å²) in [6.07, 6.45) is 7.90. The van der Waals surface area contributed by atoms with Crippen molar-refractivity contribution in [2.24, 2.45) is 0 Å². The number of nitrogens with zero attached hydrogens (tertiary/aromatic N) is 1. The van der Waals surface area contributed by atoms with Crippen LogP contribution in [-0.2, 0) is 0 Å². The molecule has 0 radical (unpaired) electrons. The van der Waals surface area contributed by atoms with Crippen LogP contribution in [0.4, 0.5) is 0 Å². The van der Waals surface area contributed by atoms with Crippen LogP contribution >= 0.6 is 0 Å². The van der Waals surface area contributed by atoms with Gasteiger partial charge in [0.1, 0.15) is 5.75 Å². The highest BCUT2D eigenvalue weighted by Crippen LogP contribution is 2.15. The second kappa shape index (κ2) is 9.62. The third kappa shape index (κ3) is 5.44. The first-order valence-electron chi connectivity index (χ1n) is 8.19. The summed E-state index contributed by atoms with van der Waals surface area (Å²) in [6, 6.07) is 8.41. The van der Waals surface area contributed by atoms with Gasteiger partial charge in [0.15, 0.2) is 0 Å². The number of piperidine rings is 1. The molecule has 1 atom stereocenters. The second-order valence-electron chi connectivity index (χ2n) is 5.75. The van der Waals surface area contributed by atoms with E-state index < -0.39 is 0 Å². The molecule has 0 aliphatic carbocycles. The molecule has 1 unspecified atom stereocenters. The van der Waals surface area contributed by atoms with Gasteiger partial charge in [-0.15, -0.1) is 0 Å². The molecule has 1 heterocycles. The lowest BCUT2D eigenvalue weighted by Crippen LogP contribution is -2.44. The number of rotatable bonds is 8. The lowest BCUT2D eigenvalue weighted by atomic mass is 10.0. The molecule has 0 amide bonds. The minimum Gasteiger partial charge on any atom is -0.497 e. The Morgan fingerprint density at radius 3 is 2.86 bits per heavy atom. The normalized spacial score (nSPS) is 19.6. The highest BCUT2D eigenvalue weighted by molar-refractivity contribution is 5.50. The maximum absolute atomic E-state index is 9.38. The van der Waals surface area contributed by atoms with Crippen molar-refractivity contribution in [3.05, 3.63) is 35.9 Å². The Morgan fingerprint density at radius 2 is 2.14 bits per heavy atom. The highest BCUT2D eigenvalue weighted by atomic mass is 16.5. The molecule has 0 bridgehead atoms. The zero-order chi connectivity index (χ0) is 15.6. The number of aliphatic hydroxyl groups excluding tert-OH is 1. The van der Waals surface area contributed by atoms with Gasteiger partial charge in [0.05, 0.1) is 13.7 Å². The average molecular weight is 304 g/mol. The molecule has 1 saturated heterocycles. The third-order valence-electron chi connectivity index (χ3n) is 4.22. The van der Waals surface area contributed by atoms with E-state index in [4.69, 9.17) is 4.74 Å². The van der Waals surface area contributed by atoms with E-state index in [2.05, 4.69) is 34.5 Å². The smallest absolute Gasteiger partial charge is 0.118 e. The summed E-state index contributed by atoms with van der Waals surface area (Å²) in [5, 5.41) is 12.8. The Bertz CT molecular complexity index is 445. The summed E-state index contributed by atoms with van der Waals surface area (Å²) in [5.74, 6) is 0.884. The Morgan fingerprint density at radius 1 is 1.32 bits per heavy atom. The third-order valence-corrected chi connectivity index (χ3v) is 4.22. The van der Waals surface area contributed by atoms with Gasteiger partial charge in [-0.05, 0) is 37.1 Å². The SMILES string of the molecule is COc1ccc(/C=C/CNCCN2CCCCC2CO)cc1. The summed E-state index contributed by atoms with van der Waals surface area (Å²) in [6.45, 7) is 4.25. The predicted octanol–water partition coefficient (Wildman–Crippen LogP) is 2.14. The Balaban J connectivity index is 1.62. The summed E-state index contributed by atoms with van der Waals surface area (Å²) >= 11 is 0. The summed E-state index contributed by atoms with van der Waals surface area (Å²) < 4.78 is 5.14. The molecule has 2 N–H and O–H groups in total. The number of hydrogen-bond acceptors (Lipinski definition) is 4. The van der Waals surface area contributed by atoms with E-state index in [0.29, 0.717) is 6.04 Å². The molecule has 1 fully saturated rings. The van der Waals surface area contributed by atoms with Crippen LogP contribution in [0.15, 0.2) is 30.3 Å². The fourth-order valence-corrected chi connectivity index (χ4v) is 2.88. The molecule has 4 nitrogen and oxygen atoms in total. The van der Waals surface area contributed by atoms with Gasteiger partial charge in [-0.1, -0.05) is 30.7 Å². The molecule has 0 aromatic heterocycles. The molecule has 4 heteroatoms. The van der Waals surface area contributed by atoms with Gasteiger partial charge in [-0.3, -0.25) is 4.90 Å². The summed E-state index contributed by atoms with van der Waals surface area (Å²) in [7, 11) is 1.68. The highest BCUT2D eigenvalue weighted by Gasteiger charge is 2.20. The van der Waals surface area contributed by atoms with Crippen LogP contribution in [0.3, 0.4) is 0 Å². The van der Waals surface area contributed by atoms with E-state index in [1.807, 2.05) is 12.1 Å². The summed E-state index contributed by atoms with van der Waals surface area (Å²) in [4.78, 5) is 2.41. The Hall–Kier alpha value is -1.36. The van der Waals surface area contributed by atoms with E-state index in [9.17, 15) is 5.11 Å². The van der Waals surface area contributed by atoms with Crippen molar-refractivity contribution in [3.8, 4) is 5.75 Å². The van der Waals surface area contributed by atoms with Crippen molar-refractivity contribution in [1.29, 1.82) is 0 Å². The average Bonchev–Trinajstić information content (AvgIpc) is 2.58. The van der Waals surface area contributed by atoms with Crippen LogP contribution in [0.2, 0.25) is 0 Å². The number of aliphatic hydroxyl groups is 1. The standard InChI is InChI=1S/C18H28N2O2/c1-22-18-9-7-16(8-10-18)5-4-11-19-12-14-20-13-3-2-6-17(20)15-21/h4-5,7-10,17,19,21H,2-3,6,11-15H2,1H3/b5-4+. The van der Waals surface area contributed by atoms with Gasteiger partial charge in [0.2, 0.25) is 0 Å². The minimum absolute atomic E-state index is 0.289. The molecular formula is C18H28N2O2. The first-order chi connectivity index (χ1) is 10.8. The molecule has 1 aromatic carbocycles. The second-order valence-corrected chi connectivity index (χ2v) is 5.75. The quantitative estimate of drug-likeness (QED) is 0.722. The molecule has 1 aliphatic rings. The van der Waals surface area contributed by atoms with Crippen molar-refractivity contribution in [2.75, 3.05) is 39.9 Å². The van der Waals surface area contributed by atoms with Crippen LogP contribution in [-0.4, -0.2) is 55.9 Å². The van der Waals surface area contributed by atoms with Gasteiger partial charge >= 0.3 is 0 Å². The monoisotopic (exact) mass is 304 g/mol. The Kier molecular flexibility index (Phi) is 7.43. The van der Waals surface area contributed by atoms with Crippen LogP contribution < -0.4 is 10.1 Å². The molecular weight excluding hydrogens is 276 g/mol. The van der Waals surface area contributed by atoms with Crippen molar-refractivity contribution in [3.63, 3.8) is 0 Å². The number of ether oxygens (including phenoxy) is 1. The lowest BCUT2D eigenvalue weighted by molar-refractivity contribution is 0.0913. The van der Waals surface area contributed by atoms with Gasteiger partial charge in [-0.25, -0.2) is 0 Å². The fourth-order valence-electron chi connectivity index (χ4n) is 2.88. The molecule has 122 valence electrons. The lowest BCUT2D eigenvalue weighted by Gasteiger charge is -2.34. The number of nitrogens with one attached hydrogen (secondary N) is 1. The van der Waals surface area contributed by atoms with Gasteiger partial charge < -0.3 is 15.2 Å². The minimum atomic E-state index is 0.289. The predicted molar refractivity (Wildman–Crippen MR) is 91.2 cm³/mol. The van der Waals surface area contributed by atoms with Crippen molar-refractivity contribution in [2.45, 2.75) is 25.3 Å². The molecule has 1 aliphatic heterocycles. The van der Waals surface area contributed by atoms with Crippen LogP contribution in [0.5, 0.6) is 5.75 Å². The maximum Gasteiger partial charge on any atom is 0.118 e. The maximum atomic E-state index is 9.38. The largest absolute Gasteiger partial charge is 0.497 e. The number of methoxy groups -OCH3 is 1. The van der Waals surface area contributed by atoms with E-state index >= 15 is 0 Å². The van der Waals surface area contributed by atoms with Crippen LogP contribution in [0.25, 0.3) is 6.08 Å². The van der Waals surface area contributed by atoms with Crippen molar-refractivity contribution in [1.82, 2.24) is 10.2 Å². The number of benzene rings is 1. The van der Waals surface area contributed by atoms with E-state index in [1.165, 1.54) is 18.4 Å². The molecule has 1 aromatic rings. The van der Waals surface area contributed by atoms with Gasteiger partial charge in [0, 0.05) is 25.7 Å². The Labute approximate surface area is 133 Å². The molecule has 0 saturated carbocycles. The topological polar surface area (TPSA) is 44.7 Å². The van der Waals surface area contributed by atoms with E-state index in [0.717, 1.165) is 38.3 Å². The fraction of sp³-hybridized carbons (Fsp3) is 0.556. The zero-order valence-electron chi connectivity index (χ0n) is 13.5. The van der Waals surface area contributed by atoms with Gasteiger partial charge in [-0.2, -0.15) is 0 Å². The van der Waals surface area contributed by atoms with Crippen molar-refractivity contribution >= 4 is 6.08 Å².